The predicted molar refractivity (Wildman–Crippen MR) is 76.4 cm³/mol. The monoisotopic (exact) mass is 285 g/mol. The van der Waals surface area contributed by atoms with Crippen molar-refractivity contribution in [3.63, 3.8) is 0 Å². The van der Waals surface area contributed by atoms with Gasteiger partial charge in [-0.05, 0) is 13.8 Å². The maximum Gasteiger partial charge on any atom is 0.223 e. The molecule has 1 aromatic heterocycles. The number of nitrogens with two attached hydrogens (primary N) is 1. The third-order valence-corrected chi connectivity index (χ3v) is 3.14. The predicted octanol–water partition coefficient (Wildman–Crippen LogP) is 1.23. The van der Waals surface area contributed by atoms with Crippen molar-refractivity contribution >= 4 is 23.4 Å². The Balaban J connectivity index is 1.79. The van der Waals surface area contributed by atoms with Gasteiger partial charge in [-0.25, -0.2) is 4.98 Å². The normalized spacial score (nSPS) is 24.4. The smallest absolute Gasteiger partial charge is 0.223 e. The zero-order valence-electron chi connectivity index (χ0n) is 11.3. The molecule has 1 saturated heterocycles. The number of nitrogen functional groups attached to an aromatic ring is 1. The van der Waals surface area contributed by atoms with E-state index in [1.807, 2.05) is 0 Å². The standard InChI is InChI=1S/C12H20ClN5O/c1-8-6-18(7-9(2)19-8)4-3-15-11-5-10(13)16-12(14)17-11/h5,8-9H,3-4,6-7H2,1-2H3,(H3,14,15,16,17). The molecule has 2 heterocycles. The quantitative estimate of drug-likeness (QED) is 0.811. The van der Waals surface area contributed by atoms with Gasteiger partial charge >= 0.3 is 0 Å². The molecule has 7 heteroatoms. The van der Waals surface area contributed by atoms with Crippen LogP contribution < -0.4 is 11.1 Å². The first-order chi connectivity index (χ1) is 9.02. The molecule has 1 aromatic rings. The average molecular weight is 286 g/mol. The highest BCUT2D eigenvalue weighted by molar-refractivity contribution is 6.29. The minimum absolute atomic E-state index is 0.184. The summed E-state index contributed by atoms with van der Waals surface area (Å²) in [5, 5.41) is 3.56. The molecule has 0 aliphatic carbocycles. The average Bonchev–Trinajstić information content (AvgIpc) is 2.26. The second-order valence-electron chi connectivity index (χ2n) is 4.88. The number of aromatic nitrogens is 2. The summed E-state index contributed by atoms with van der Waals surface area (Å²) < 4.78 is 5.70. The summed E-state index contributed by atoms with van der Waals surface area (Å²) in [6.45, 7) is 7.82. The zero-order chi connectivity index (χ0) is 13.8. The summed E-state index contributed by atoms with van der Waals surface area (Å²) in [6, 6.07) is 1.67. The van der Waals surface area contributed by atoms with Crippen LogP contribution in [0.1, 0.15) is 13.8 Å². The van der Waals surface area contributed by atoms with Gasteiger partial charge in [0.2, 0.25) is 5.95 Å². The lowest BCUT2D eigenvalue weighted by Gasteiger charge is -2.35. The molecule has 0 spiro atoms. The minimum atomic E-state index is 0.184. The van der Waals surface area contributed by atoms with E-state index >= 15 is 0 Å². The fourth-order valence-electron chi connectivity index (χ4n) is 2.33. The van der Waals surface area contributed by atoms with Gasteiger partial charge in [-0.2, -0.15) is 4.98 Å². The van der Waals surface area contributed by atoms with Gasteiger partial charge in [-0.1, -0.05) is 11.6 Å². The molecule has 1 aliphatic rings. The van der Waals surface area contributed by atoms with E-state index in [1.165, 1.54) is 0 Å². The van der Waals surface area contributed by atoms with Crippen LogP contribution in [0.2, 0.25) is 5.15 Å². The van der Waals surface area contributed by atoms with Crippen LogP contribution in [0, 0.1) is 0 Å². The van der Waals surface area contributed by atoms with Crippen molar-refractivity contribution in [3.05, 3.63) is 11.2 Å². The Bertz CT molecular complexity index is 400. The Hall–Kier alpha value is -1.11. The Morgan fingerprint density at radius 3 is 2.74 bits per heavy atom. The molecule has 1 fully saturated rings. The number of morpholine rings is 1. The van der Waals surface area contributed by atoms with E-state index < -0.39 is 0 Å². The molecule has 6 nitrogen and oxygen atoms in total. The van der Waals surface area contributed by atoms with E-state index in [4.69, 9.17) is 22.1 Å². The molecule has 0 aromatic carbocycles. The van der Waals surface area contributed by atoms with E-state index in [1.54, 1.807) is 6.07 Å². The Morgan fingerprint density at radius 2 is 2.11 bits per heavy atom. The van der Waals surface area contributed by atoms with Crippen LogP contribution in [0.25, 0.3) is 0 Å². The van der Waals surface area contributed by atoms with Crippen LogP contribution in [0.15, 0.2) is 6.07 Å². The topological polar surface area (TPSA) is 76.3 Å². The van der Waals surface area contributed by atoms with E-state index in [-0.39, 0.29) is 18.2 Å². The number of hydrogen-bond acceptors (Lipinski definition) is 6. The Morgan fingerprint density at radius 1 is 1.42 bits per heavy atom. The van der Waals surface area contributed by atoms with E-state index in [0.717, 1.165) is 26.2 Å². The molecule has 2 atom stereocenters. The molecule has 0 bridgehead atoms. The van der Waals surface area contributed by atoms with E-state index in [0.29, 0.717) is 11.0 Å². The Labute approximate surface area is 118 Å². The second kappa shape index (κ2) is 6.36. The van der Waals surface area contributed by atoms with Crippen molar-refractivity contribution in [1.82, 2.24) is 14.9 Å². The van der Waals surface area contributed by atoms with Crippen LogP contribution in [0.4, 0.5) is 11.8 Å². The van der Waals surface area contributed by atoms with Crippen molar-refractivity contribution < 1.29 is 4.74 Å². The van der Waals surface area contributed by atoms with Crippen molar-refractivity contribution in [2.24, 2.45) is 0 Å². The fraction of sp³-hybridized carbons (Fsp3) is 0.667. The number of nitrogens with one attached hydrogen (secondary N) is 1. The van der Waals surface area contributed by atoms with E-state index in [9.17, 15) is 0 Å². The summed E-state index contributed by atoms with van der Waals surface area (Å²) in [6.07, 6.45) is 0.570. The molecule has 3 N–H and O–H groups in total. The summed E-state index contributed by atoms with van der Waals surface area (Å²) >= 11 is 5.82. The van der Waals surface area contributed by atoms with Gasteiger partial charge in [0.25, 0.3) is 0 Å². The number of anilines is 2. The highest BCUT2D eigenvalue weighted by Crippen LogP contribution is 2.13. The first-order valence-corrected chi connectivity index (χ1v) is 6.82. The van der Waals surface area contributed by atoms with Gasteiger partial charge in [-0.3, -0.25) is 4.90 Å². The van der Waals surface area contributed by atoms with Crippen molar-refractivity contribution in [2.45, 2.75) is 26.1 Å². The lowest BCUT2D eigenvalue weighted by molar-refractivity contribution is -0.0667. The van der Waals surface area contributed by atoms with Gasteiger partial charge in [0.15, 0.2) is 0 Å². The Kier molecular flexibility index (Phi) is 4.79. The van der Waals surface area contributed by atoms with Crippen LogP contribution in [-0.4, -0.2) is 53.3 Å². The molecule has 19 heavy (non-hydrogen) atoms. The van der Waals surface area contributed by atoms with Gasteiger partial charge < -0.3 is 15.8 Å². The lowest BCUT2D eigenvalue weighted by atomic mass is 10.2. The van der Waals surface area contributed by atoms with Gasteiger partial charge in [-0.15, -0.1) is 0 Å². The molecule has 0 amide bonds. The zero-order valence-corrected chi connectivity index (χ0v) is 12.0. The molecule has 0 radical (unpaired) electrons. The molecular weight excluding hydrogens is 266 g/mol. The second-order valence-corrected chi connectivity index (χ2v) is 5.27. The van der Waals surface area contributed by atoms with Crippen molar-refractivity contribution in [2.75, 3.05) is 37.2 Å². The third kappa shape index (κ3) is 4.49. The largest absolute Gasteiger partial charge is 0.373 e. The van der Waals surface area contributed by atoms with Crippen molar-refractivity contribution in [3.8, 4) is 0 Å². The maximum atomic E-state index is 5.82. The first kappa shape index (κ1) is 14.3. The summed E-state index contributed by atoms with van der Waals surface area (Å²) in [7, 11) is 0. The highest BCUT2D eigenvalue weighted by atomic mass is 35.5. The van der Waals surface area contributed by atoms with Crippen LogP contribution >= 0.6 is 11.6 Å². The SMILES string of the molecule is CC1CN(CCNc2cc(Cl)nc(N)n2)CC(C)O1. The van der Waals surface area contributed by atoms with Gasteiger partial charge in [0.1, 0.15) is 11.0 Å². The number of rotatable bonds is 4. The number of hydrogen-bond donors (Lipinski definition) is 2. The fourth-order valence-corrected chi connectivity index (χ4v) is 2.52. The van der Waals surface area contributed by atoms with E-state index in [2.05, 4.69) is 34.0 Å². The number of nitrogens with zero attached hydrogens (tertiary/aromatic N) is 3. The molecular formula is C12H20ClN5O. The first-order valence-electron chi connectivity index (χ1n) is 6.44. The maximum absolute atomic E-state index is 5.82. The van der Waals surface area contributed by atoms with Crippen LogP contribution in [0.5, 0.6) is 0 Å². The molecule has 1 aliphatic heterocycles. The number of halogens is 1. The van der Waals surface area contributed by atoms with Crippen molar-refractivity contribution in [1.29, 1.82) is 0 Å². The summed E-state index contributed by atoms with van der Waals surface area (Å²) in [4.78, 5) is 10.3. The molecule has 2 rings (SSSR count). The van der Waals surface area contributed by atoms with Crippen LogP contribution in [-0.2, 0) is 4.74 Å². The minimum Gasteiger partial charge on any atom is -0.373 e. The summed E-state index contributed by atoms with van der Waals surface area (Å²) in [5.41, 5.74) is 5.54. The molecule has 106 valence electrons. The summed E-state index contributed by atoms with van der Waals surface area (Å²) in [5.74, 6) is 0.843. The number of ether oxygens (including phenoxy) is 1. The third-order valence-electron chi connectivity index (χ3n) is 2.94. The molecule has 2 unspecified atom stereocenters. The highest BCUT2D eigenvalue weighted by Gasteiger charge is 2.21. The molecule has 0 saturated carbocycles. The lowest BCUT2D eigenvalue weighted by Crippen LogP contribution is -2.46. The van der Waals surface area contributed by atoms with Gasteiger partial charge in [0.05, 0.1) is 12.2 Å². The van der Waals surface area contributed by atoms with Crippen LogP contribution in [0.3, 0.4) is 0 Å². The van der Waals surface area contributed by atoms with Gasteiger partial charge in [0, 0.05) is 32.2 Å².